The van der Waals surface area contributed by atoms with Crippen molar-refractivity contribution in [1.29, 1.82) is 0 Å². The van der Waals surface area contributed by atoms with Gasteiger partial charge in [0.2, 0.25) is 0 Å². The Morgan fingerprint density at radius 3 is 2.43 bits per heavy atom. The van der Waals surface area contributed by atoms with Gasteiger partial charge in [0.25, 0.3) is 0 Å². The van der Waals surface area contributed by atoms with E-state index >= 15 is 0 Å². The van der Waals surface area contributed by atoms with Gasteiger partial charge < -0.3 is 9.67 Å². The molecule has 0 amide bonds. The lowest BCUT2D eigenvalue weighted by Gasteiger charge is -2.09. The highest BCUT2D eigenvalue weighted by Gasteiger charge is 2.13. The fraction of sp³-hybridized carbons (Fsp3) is 0.364. The number of phenolic OH excluding ortho intramolecular Hbond substituents is 1. The summed E-state index contributed by atoms with van der Waals surface area (Å²) in [6.45, 7) is 5.85. The first-order valence-electron chi connectivity index (χ1n) is 4.63. The van der Waals surface area contributed by atoms with E-state index in [-0.39, 0.29) is 0 Å². The molecule has 0 saturated heterocycles. The van der Waals surface area contributed by atoms with Crippen LogP contribution in [0.2, 0.25) is 0 Å². The van der Waals surface area contributed by atoms with E-state index in [2.05, 4.69) is 4.98 Å². The molecule has 1 aromatic carbocycles. The van der Waals surface area contributed by atoms with Gasteiger partial charge in [-0.05, 0) is 31.9 Å². The Morgan fingerprint density at radius 2 is 1.79 bits per heavy atom. The SMILES string of the molecule is Cc1c(O)c(C)c2ncn(C)c2c1C. The van der Waals surface area contributed by atoms with E-state index in [1.165, 1.54) is 0 Å². The highest BCUT2D eigenvalue weighted by atomic mass is 16.3. The van der Waals surface area contributed by atoms with E-state index in [1.54, 1.807) is 6.33 Å². The summed E-state index contributed by atoms with van der Waals surface area (Å²) >= 11 is 0. The molecule has 0 atom stereocenters. The van der Waals surface area contributed by atoms with Crippen LogP contribution in [0.15, 0.2) is 6.33 Å². The first-order valence-corrected chi connectivity index (χ1v) is 4.63. The molecule has 1 heterocycles. The molecule has 0 unspecified atom stereocenters. The zero-order valence-corrected chi connectivity index (χ0v) is 8.92. The predicted molar refractivity (Wildman–Crippen MR) is 56.6 cm³/mol. The van der Waals surface area contributed by atoms with Crippen LogP contribution in [0.1, 0.15) is 16.7 Å². The van der Waals surface area contributed by atoms with Crippen LogP contribution in [0.4, 0.5) is 0 Å². The Bertz CT molecular complexity index is 512. The van der Waals surface area contributed by atoms with Gasteiger partial charge in [-0.25, -0.2) is 4.98 Å². The molecule has 0 aliphatic carbocycles. The maximum Gasteiger partial charge on any atom is 0.123 e. The summed E-state index contributed by atoms with van der Waals surface area (Å²) in [5.41, 5.74) is 4.91. The van der Waals surface area contributed by atoms with Crippen LogP contribution in [0.5, 0.6) is 5.75 Å². The van der Waals surface area contributed by atoms with Crippen LogP contribution >= 0.6 is 0 Å². The Labute approximate surface area is 83.0 Å². The number of aryl methyl sites for hydroxylation is 3. The van der Waals surface area contributed by atoms with E-state index < -0.39 is 0 Å². The Morgan fingerprint density at radius 1 is 1.14 bits per heavy atom. The molecule has 3 heteroatoms. The molecule has 0 radical (unpaired) electrons. The standard InChI is InChI=1S/C11H14N2O/c1-6-7(2)11(14)8(3)9-10(6)13(4)5-12-9/h5,14H,1-4H3. The van der Waals surface area contributed by atoms with Crippen LogP contribution in [0.25, 0.3) is 11.0 Å². The molecule has 0 fully saturated rings. The van der Waals surface area contributed by atoms with Crippen molar-refractivity contribution in [3.05, 3.63) is 23.0 Å². The van der Waals surface area contributed by atoms with Crippen molar-refractivity contribution >= 4 is 11.0 Å². The lowest BCUT2D eigenvalue weighted by molar-refractivity contribution is 0.467. The number of aromatic hydroxyl groups is 1. The van der Waals surface area contributed by atoms with E-state index in [1.807, 2.05) is 32.4 Å². The molecule has 3 nitrogen and oxygen atoms in total. The summed E-state index contributed by atoms with van der Waals surface area (Å²) in [6.07, 6.45) is 1.78. The van der Waals surface area contributed by atoms with E-state index in [0.717, 1.165) is 27.7 Å². The maximum absolute atomic E-state index is 9.85. The minimum Gasteiger partial charge on any atom is -0.507 e. The second kappa shape index (κ2) is 2.74. The number of benzene rings is 1. The number of aromatic nitrogens is 2. The zero-order chi connectivity index (χ0) is 10.5. The lowest BCUT2D eigenvalue weighted by atomic mass is 10.0. The topological polar surface area (TPSA) is 38.1 Å². The smallest absolute Gasteiger partial charge is 0.123 e. The van der Waals surface area contributed by atoms with Crippen molar-refractivity contribution < 1.29 is 5.11 Å². The monoisotopic (exact) mass is 190 g/mol. The summed E-state index contributed by atoms with van der Waals surface area (Å²) < 4.78 is 1.99. The van der Waals surface area contributed by atoms with Crippen LogP contribution in [-0.2, 0) is 7.05 Å². The number of nitrogens with zero attached hydrogens (tertiary/aromatic N) is 2. The van der Waals surface area contributed by atoms with E-state index in [4.69, 9.17) is 0 Å². The molecular formula is C11H14N2O. The van der Waals surface area contributed by atoms with Gasteiger partial charge in [0.15, 0.2) is 0 Å². The molecule has 0 bridgehead atoms. The normalized spacial score (nSPS) is 11.1. The van der Waals surface area contributed by atoms with Crippen molar-refractivity contribution in [2.24, 2.45) is 7.05 Å². The minimum atomic E-state index is 0.369. The van der Waals surface area contributed by atoms with Gasteiger partial charge in [-0.1, -0.05) is 0 Å². The molecule has 14 heavy (non-hydrogen) atoms. The molecule has 0 aliphatic rings. The second-order valence-corrected chi connectivity index (χ2v) is 3.78. The first-order chi connectivity index (χ1) is 6.54. The van der Waals surface area contributed by atoms with Gasteiger partial charge >= 0.3 is 0 Å². The number of imidazole rings is 1. The van der Waals surface area contributed by atoms with Crippen molar-refractivity contribution in [2.45, 2.75) is 20.8 Å². The number of hydrogen-bond donors (Lipinski definition) is 1. The highest BCUT2D eigenvalue weighted by Crippen LogP contribution is 2.32. The number of fused-ring (bicyclic) bond motifs is 1. The second-order valence-electron chi connectivity index (χ2n) is 3.78. The lowest BCUT2D eigenvalue weighted by Crippen LogP contribution is -1.93. The number of rotatable bonds is 0. The van der Waals surface area contributed by atoms with Gasteiger partial charge in [-0.15, -0.1) is 0 Å². The third-order valence-corrected chi connectivity index (χ3v) is 2.92. The van der Waals surface area contributed by atoms with Crippen molar-refractivity contribution in [2.75, 3.05) is 0 Å². The fourth-order valence-electron chi connectivity index (χ4n) is 1.90. The van der Waals surface area contributed by atoms with Gasteiger partial charge in [0, 0.05) is 12.6 Å². The largest absolute Gasteiger partial charge is 0.507 e. The quantitative estimate of drug-likeness (QED) is 0.691. The molecule has 0 saturated carbocycles. The van der Waals surface area contributed by atoms with Gasteiger partial charge in [0.1, 0.15) is 5.75 Å². The van der Waals surface area contributed by atoms with E-state index in [0.29, 0.717) is 5.75 Å². The predicted octanol–water partition coefficient (Wildman–Crippen LogP) is 2.20. The van der Waals surface area contributed by atoms with Gasteiger partial charge in [-0.3, -0.25) is 0 Å². The number of hydrogen-bond acceptors (Lipinski definition) is 2. The van der Waals surface area contributed by atoms with Crippen LogP contribution in [0, 0.1) is 20.8 Å². The van der Waals surface area contributed by atoms with Crippen molar-refractivity contribution in [3.63, 3.8) is 0 Å². The highest BCUT2D eigenvalue weighted by molar-refractivity contribution is 5.86. The van der Waals surface area contributed by atoms with Crippen molar-refractivity contribution in [1.82, 2.24) is 9.55 Å². The van der Waals surface area contributed by atoms with Crippen LogP contribution in [0.3, 0.4) is 0 Å². The molecule has 2 aromatic rings. The molecule has 1 N–H and O–H groups in total. The van der Waals surface area contributed by atoms with Crippen LogP contribution in [-0.4, -0.2) is 14.7 Å². The summed E-state index contributed by atoms with van der Waals surface area (Å²) in [5.74, 6) is 0.369. The Kier molecular flexibility index (Phi) is 1.77. The zero-order valence-electron chi connectivity index (χ0n) is 8.92. The maximum atomic E-state index is 9.85. The number of phenols is 1. The summed E-state index contributed by atoms with van der Waals surface area (Å²) in [7, 11) is 1.97. The van der Waals surface area contributed by atoms with Gasteiger partial charge in [0.05, 0.1) is 17.4 Å². The summed E-state index contributed by atoms with van der Waals surface area (Å²) in [5, 5.41) is 9.85. The summed E-state index contributed by atoms with van der Waals surface area (Å²) in [4.78, 5) is 4.28. The first kappa shape index (κ1) is 9.06. The molecular weight excluding hydrogens is 176 g/mol. The minimum absolute atomic E-state index is 0.369. The Balaban J connectivity index is 3.05. The molecule has 2 rings (SSSR count). The fourth-order valence-corrected chi connectivity index (χ4v) is 1.90. The molecule has 0 aliphatic heterocycles. The van der Waals surface area contributed by atoms with Gasteiger partial charge in [-0.2, -0.15) is 0 Å². The van der Waals surface area contributed by atoms with Crippen LogP contribution < -0.4 is 0 Å². The van der Waals surface area contributed by atoms with Crippen molar-refractivity contribution in [3.8, 4) is 5.75 Å². The third-order valence-electron chi connectivity index (χ3n) is 2.92. The summed E-state index contributed by atoms with van der Waals surface area (Å²) in [6, 6.07) is 0. The average molecular weight is 190 g/mol. The van der Waals surface area contributed by atoms with E-state index in [9.17, 15) is 5.11 Å². The Hall–Kier alpha value is -1.51. The molecule has 74 valence electrons. The molecule has 1 aromatic heterocycles. The molecule has 0 spiro atoms. The third kappa shape index (κ3) is 0.953. The average Bonchev–Trinajstić information content (AvgIpc) is 2.54.